The number of allylic oxidation sites excluding steroid dienone is 2. The summed E-state index contributed by atoms with van der Waals surface area (Å²) in [5, 5.41) is 11.5. The fourth-order valence-electron chi connectivity index (χ4n) is 4.36. The Morgan fingerprint density at radius 2 is 1.48 bits per heavy atom. The summed E-state index contributed by atoms with van der Waals surface area (Å²) in [6, 6.07) is 26.4. The van der Waals surface area contributed by atoms with Crippen molar-refractivity contribution in [1.82, 2.24) is 4.31 Å². The van der Waals surface area contributed by atoms with E-state index in [0.717, 1.165) is 16.7 Å². The van der Waals surface area contributed by atoms with Crippen LogP contribution in [0.5, 0.6) is 0 Å². The normalized spacial score (nSPS) is 21.2. The smallest absolute Gasteiger partial charge is 0.266 e. The van der Waals surface area contributed by atoms with E-state index in [9.17, 15) is 13.5 Å². The zero-order chi connectivity index (χ0) is 23.4. The standard InChI is InChI=1S/C28H29NO3S/c1-3-26-27(23-12-8-5-9-13-23)20-24(17-16-22-10-6-4-7-11-22)29(28(26)30)33(31,32)25-18-14-21(2)15-19-25/h4-20,26-28,30H,3H2,1-2H3/b17-16+/t26-,27-,28-/m1/s1. The lowest BCUT2D eigenvalue weighted by molar-refractivity contribution is 0.0114. The van der Waals surface area contributed by atoms with Gasteiger partial charge in [-0.15, -0.1) is 0 Å². The summed E-state index contributed by atoms with van der Waals surface area (Å²) >= 11 is 0. The molecule has 5 heteroatoms. The molecule has 33 heavy (non-hydrogen) atoms. The average Bonchev–Trinajstić information content (AvgIpc) is 2.83. The number of aryl methyl sites for hydroxylation is 1. The maximum absolute atomic E-state index is 13.7. The Balaban J connectivity index is 1.85. The van der Waals surface area contributed by atoms with Crippen LogP contribution in [0.25, 0.3) is 6.08 Å². The van der Waals surface area contributed by atoms with Gasteiger partial charge in [-0.05, 0) is 42.7 Å². The highest BCUT2D eigenvalue weighted by Crippen LogP contribution is 2.41. The third kappa shape index (κ3) is 4.80. The Bertz CT molecular complexity index is 1230. The van der Waals surface area contributed by atoms with Gasteiger partial charge in [0.1, 0.15) is 6.23 Å². The molecule has 1 N–H and O–H groups in total. The quantitative estimate of drug-likeness (QED) is 0.512. The molecule has 170 valence electrons. The second kappa shape index (κ2) is 9.77. The van der Waals surface area contributed by atoms with Crippen LogP contribution >= 0.6 is 0 Å². The van der Waals surface area contributed by atoms with E-state index in [1.165, 1.54) is 4.31 Å². The number of aliphatic hydroxyl groups excluding tert-OH is 1. The van der Waals surface area contributed by atoms with Gasteiger partial charge in [0.2, 0.25) is 0 Å². The number of aliphatic hydroxyl groups is 1. The lowest BCUT2D eigenvalue weighted by Crippen LogP contribution is -2.47. The van der Waals surface area contributed by atoms with Crippen molar-refractivity contribution in [3.8, 4) is 0 Å². The van der Waals surface area contributed by atoms with Gasteiger partial charge < -0.3 is 5.11 Å². The van der Waals surface area contributed by atoms with Crippen molar-refractivity contribution in [3.63, 3.8) is 0 Å². The molecule has 1 aliphatic heterocycles. The van der Waals surface area contributed by atoms with Crippen LogP contribution < -0.4 is 0 Å². The van der Waals surface area contributed by atoms with Crippen LogP contribution in [-0.2, 0) is 10.0 Å². The van der Waals surface area contributed by atoms with Crippen LogP contribution in [0.2, 0.25) is 0 Å². The van der Waals surface area contributed by atoms with Gasteiger partial charge in [-0.2, -0.15) is 0 Å². The van der Waals surface area contributed by atoms with Crippen molar-refractivity contribution >= 4 is 16.1 Å². The van der Waals surface area contributed by atoms with E-state index in [0.29, 0.717) is 12.1 Å². The van der Waals surface area contributed by atoms with Crippen molar-refractivity contribution < 1.29 is 13.5 Å². The van der Waals surface area contributed by atoms with Gasteiger partial charge in [0, 0.05) is 11.8 Å². The second-order valence-corrected chi connectivity index (χ2v) is 10.2. The third-order valence-corrected chi connectivity index (χ3v) is 7.98. The molecule has 3 aromatic carbocycles. The number of sulfonamides is 1. The molecule has 4 rings (SSSR count). The minimum Gasteiger partial charge on any atom is -0.372 e. The van der Waals surface area contributed by atoms with E-state index in [2.05, 4.69) is 0 Å². The van der Waals surface area contributed by atoms with E-state index in [1.807, 2.05) is 86.7 Å². The Kier molecular flexibility index (Phi) is 6.82. The average molecular weight is 460 g/mol. The molecule has 0 radical (unpaired) electrons. The van der Waals surface area contributed by atoms with Gasteiger partial charge in [0.05, 0.1) is 10.6 Å². The molecule has 0 unspecified atom stereocenters. The van der Waals surface area contributed by atoms with Gasteiger partial charge in [-0.25, -0.2) is 12.7 Å². The van der Waals surface area contributed by atoms with Crippen LogP contribution in [0.1, 0.15) is 36.0 Å². The van der Waals surface area contributed by atoms with Gasteiger partial charge in [0.15, 0.2) is 0 Å². The fourth-order valence-corrected chi connectivity index (χ4v) is 5.90. The molecule has 0 bridgehead atoms. The molecule has 3 aromatic rings. The third-order valence-electron chi connectivity index (χ3n) is 6.17. The van der Waals surface area contributed by atoms with Crippen LogP contribution in [0.4, 0.5) is 0 Å². The van der Waals surface area contributed by atoms with E-state index in [-0.39, 0.29) is 16.7 Å². The van der Waals surface area contributed by atoms with Crippen molar-refractivity contribution in [2.24, 2.45) is 5.92 Å². The SMILES string of the molecule is CC[C@@H]1[C@@H](c2ccccc2)C=C(/C=C/c2ccccc2)N(S(=O)(=O)c2ccc(C)cc2)[C@@H]1O. The van der Waals surface area contributed by atoms with Crippen LogP contribution in [0.3, 0.4) is 0 Å². The van der Waals surface area contributed by atoms with E-state index in [1.54, 1.807) is 30.3 Å². The number of hydrogen-bond donors (Lipinski definition) is 1. The predicted molar refractivity (Wildman–Crippen MR) is 133 cm³/mol. The summed E-state index contributed by atoms with van der Waals surface area (Å²) in [4.78, 5) is 0.166. The van der Waals surface area contributed by atoms with Gasteiger partial charge in [0.25, 0.3) is 10.0 Å². The Morgan fingerprint density at radius 3 is 2.09 bits per heavy atom. The summed E-state index contributed by atoms with van der Waals surface area (Å²) in [5.74, 6) is -0.382. The van der Waals surface area contributed by atoms with Gasteiger partial charge >= 0.3 is 0 Å². The molecule has 4 nitrogen and oxygen atoms in total. The highest BCUT2D eigenvalue weighted by atomic mass is 32.2. The highest BCUT2D eigenvalue weighted by Gasteiger charge is 2.42. The molecule has 0 saturated carbocycles. The van der Waals surface area contributed by atoms with E-state index in [4.69, 9.17) is 0 Å². The molecule has 0 aromatic heterocycles. The highest BCUT2D eigenvalue weighted by molar-refractivity contribution is 7.89. The van der Waals surface area contributed by atoms with Crippen molar-refractivity contribution in [2.75, 3.05) is 0 Å². The zero-order valence-corrected chi connectivity index (χ0v) is 19.7. The minimum absolute atomic E-state index is 0.105. The van der Waals surface area contributed by atoms with Crippen molar-refractivity contribution in [2.45, 2.75) is 37.3 Å². The number of rotatable bonds is 6. The minimum atomic E-state index is -3.97. The molecule has 0 fully saturated rings. The van der Waals surface area contributed by atoms with Crippen molar-refractivity contribution in [1.29, 1.82) is 0 Å². The number of hydrogen-bond acceptors (Lipinski definition) is 3. The van der Waals surface area contributed by atoms with Crippen LogP contribution in [-0.4, -0.2) is 24.1 Å². The summed E-state index contributed by atoms with van der Waals surface area (Å²) < 4.78 is 28.6. The first-order chi connectivity index (χ1) is 15.9. The summed E-state index contributed by atoms with van der Waals surface area (Å²) in [5.41, 5.74) is 3.45. The molecule has 1 aliphatic rings. The maximum Gasteiger partial charge on any atom is 0.266 e. The first-order valence-electron chi connectivity index (χ1n) is 11.2. The molecule has 0 aliphatic carbocycles. The first-order valence-corrected chi connectivity index (χ1v) is 12.6. The monoisotopic (exact) mass is 459 g/mol. The topological polar surface area (TPSA) is 57.6 Å². The number of benzene rings is 3. The second-order valence-electron chi connectivity index (χ2n) is 8.37. The largest absolute Gasteiger partial charge is 0.372 e. The van der Waals surface area contributed by atoms with Crippen LogP contribution in [0.15, 0.2) is 108 Å². The molecular weight excluding hydrogens is 430 g/mol. The molecule has 0 amide bonds. The maximum atomic E-state index is 13.7. The Morgan fingerprint density at radius 1 is 0.879 bits per heavy atom. The number of nitrogens with zero attached hydrogens (tertiary/aromatic N) is 1. The molecule has 3 atom stereocenters. The van der Waals surface area contributed by atoms with E-state index >= 15 is 0 Å². The zero-order valence-electron chi connectivity index (χ0n) is 18.9. The summed E-state index contributed by atoms with van der Waals surface area (Å²) in [6.45, 7) is 3.90. The Hall–Kier alpha value is -3.15. The lowest BCUT2D eigenvalue weighted by atomic mass is 9.80. The van der Waals surface area contributed by atoms with Gasteiger partial charge in [-0.3, -0.25) is 0 Å². The summed E-state index contributed by atoms with van der Waals surface area (Å²) in [6.07, 6.45) is 5.08. The molecular formula is C28H29NO3S. The Labute approximate surface area is 196 Å². The van der Waals surface area contributed by atoms with E-state index < -0.39 is 16.3 Å². The first kappa shape index (κ1) is 23.0. The molecule has 0 spiro atoms. The predicted octanol–water partition coefficient (Wildman–Crippen LogP) is 5.73. The van der Waals surface area contributed by atoms with Crippen molar-refractivity contribution in [3.05, 3.63) is 119 Å². The summed E-state index contributed by atoms with van der Waals surface area (Å²) in [7, 11) is -3.97. The fraction of sp³-hybridized carbons (Fsp3) is 0.214. The molecule has 0 saturated heterocycles. The van der Waals surface area contributed by atoms with Gasteiger partial charge in [-0.1, -0.05) is 97.4 Å². The molecule has 1 heterocycles. The van der Waals surface area contributed by atoms with Crippen LogP contribution in [0, 0.1) is 12.8 Å². The lowest BCUT2D eigenvalue weighted by Gasteiger charge is -2.42.